The van der Waals surface area contributed by atoms with Crippen LogP contribution in [0.15, 0.2) is 48.5 Å². The number of halogens is 1. The Bertz CT molecular complexity index is 852. The zero-order chi connectivity index (χ0) is 20.5. The zero-order valence-electron chi connectivity index (χ0n) is 15.2. The van der Waals surface area contributed by atoms with Crippen molar-refractivity contribution in [1.29, 1.82) is 0 Å². The number of carboxylic acid groups (broad SMARTS) is 2. The molecule has 7 heteroatoms. The van der Waals surface area contributed by atoms with Crippen LogP contribution in [-0.4, -0.2) is 34.1 Å². The molecule has 2 aromatic rings. The first-order valence-electron chi connectivity index (χ1n) is 8.92. The third kappa shape index (κ3) is 6.70. The number of aryl methyl sites for hydroxylation is 1. The molecule has 0 aromatic heterocycles. The maximum Gasteiger partial charge on any atom is 0.335 e. The average Bonchev–Trinajstić information content (AvgIpc) is 2.63. The van der Waals surface area contributed by atoms with Crippen LogP contribution in [0.2, 0.25) is 5.02 Å². The van der Waals surface area contributed by atoms with Gasteiger partial charge < -0.3 is 15.5 Å². The van der Waals surface area contributed by atoms with Gasteiger partial charge in [-0.1, -0.05) is 48.0 Å². The molecule has 1 atom stereocenters. The summed E-state index contributed by atoms with van der Waals surface area (Å²) in [4.78, 5) is 34.6. The molecule has 0 radical (unpaired) electrons. The van der Waals surface area contributed by atoms with Crippen LogP contribution in [0, 0.1) is 0 Å². The molecule has 0 aliphatic carbocycles. The fourth-order valence-electron chi connectivity index (χ4n) is 3.00. The normalized spacial score (nSPS) is 11.6. The Morgan fingerprint density at radius 2 is 1.61 bits per heavy atom. The number of aliphatic carboxylic acids is 1. The second-order valence-electron chi connectivity index (χ2n) is 6.47. The lowest BCUT2D eigenvalue weighted by Gasteiger charge is -2.18. The number of nitrogens with one attached hydrogen (secondary N) is 1. The molecule has 0 saturated heterocycles. The van der Waals surface area contributed by atoms with Gasteiger partial charge in [-0.25, -0.2) is 4.79 Å². The van der Waals surface area contributed by atoms with E-state index in [0.717, 1.165) is 5.56 Å². The van der Waals surface area contributed by atoms with E-state index >= 15 is 0 Å². The number of rotatable bonds is 10. The van der Waals surface area contributed by atoms with Crippen molar-refractivity contribution in [2.75, 3.05) is 0 Å². The predicted octanol–water partition coefficient (Wildman–Crippen LogP) is 3.56. The molecule has 0 spiro atoms. The fraction of sp³-hybridized carbons (Fsp3) is 0.286. The number of hydrogen-bond acceptors (Lipinski definition) is 3. The van der Waals surface area contributed by atoms with Gasteiger partial charge in [0.05, 0.1) is 12.0 Å². The minimum Gasteiger partial charge on any atom is -0.481 e. The third-order valence-electron chi connectivity index (χ3n) is 4.31. The van der Waals surface area contributed by atoms with E-state index in [4.69, 9.17) is 16.7 Å². The van der Waals surface area contributed by atoms with Gasteiger partial charge >= 0.3 is 11.9 Å². The summed E-state index contributed by atoms with van der Waals surface area (Å²) in [5.74, 6) is -2.28. The Kier molecular flexibility index (Phi) is 8.02. The standard InChI is InChI=1S/C21H22ClNO5/c22-18-10-4-2-7-15(18)12-16(13-20(25)26)23-19(24)11-5-8-14-6-1-3-9-17(14)21(27)28/h1-4,6-7,9-10,16H,5,8,11-13H2,(H,23,24)(H,25,26)(H,27,28). The summed E-state index contributed by atoms with van der Waals surface area (Å²) >= 11 is 6.13. The molecule has 0 saturated carbocycles. The molecule has 2 aromatic carbocycles. The summed E-state index contributed by atoms with van der Waals surface area (Å²) in [6.07, 6.45) is 1.19. The van der Waals surface area contributed by atoms with E-state index in [9.17, 15) is 19.5 Å². The van der Waals surface area contributed by atoms with Gasteiger partial charge in [-0.15, -0.1) is 0 Å². The average molecular weight is 404 g/mol. The van der Waals surface area contributed by atoms with E-state index in [0.29, 0.717) is 29.8 Å². The first-order valence-corrected chi connectivity index (χ1v) is 9.30. The molecule has 0 aliphatic heterocycles. The highest BCUT2D eigenvalue weighted by atomic mass is 35.5. The number of aromatic carboxylic acids is 1. The summed E-state index contributed by atoms with van der Waals surface area (Å²) in [6, 6.07) is 13.2. The van der Waals surface area contributed by atoms with Crippen molar-refractivity contribution >= 4 is 29.4 Å². The lowest BCUT2D eigenvalue weighted by atomic mass is 10.0. The van der Waals surface area contributed by atoms with E-state index in [-0.39, 0.29) is 24.3 Å². The lowest BCUT2D eigenvalue weighted by Crippen LogP contribution is -2.38. The quantitative estimate of drug-likeness (QED) is 0.562. The maximum atomic E-state index is 12.3. The van der Waals surface area contributed by atoms with E-state index in [1.54, 1.807) is 42.5 Å². The number of benzene rings is 2. The van der Waals surface area contributed by atoms with Crippen LogP contribution in [0.25, 0.3) is 0 Å². The smallest absolute Gasteiger partial charge is 0.335 e. The van der Waals surface area contributed by atoms with Gasteiger partial charge in [0, 0.05) is 17.5 Å². The Labute approximate surface area is 168 Å². The predicted molar refractivity (Wildman–Crippen MR) is 106 cm³/mol. The largest absolute Gasteiger partial charge is 0.481 e. The first-order chi connectivity index (χ1) is 13.4. The molecule has 3 N–H and O–H groups in total. The van der Waals surface area contributed by atoms with Gasteiger partial charge in [0.15, 0.2) is 0 Å². The number of amides is 1. The van der Waals surface area contributed by atoms with E-state index < -0.39 is 18.0 Å². The lowest BCUT2D eigenvalue weighted by molar-refractivity contribution is -0.137. The molecule has 148 valence electrons. The molecule has 2 rings (SSSR count). The number of carboxylic acids is 2. The highest BCUT2D eigenvalue weighted by Gasteiger charge is 2.18. The van der Waals surface area contributed by atoms with Crippen molar-refractivity contribution in [3.05, 3.63) is 70.2 Å². The Morgan fingerprint density at radius 3 is 2.25 bits per heavy atom. The molecule has 0 bridgehead atoms. The SMILES string of the molecule is O=C(O)CC(Cc1ccccc1Cl)NC(=O)CCCc1ccccc1C(=O)O. The van der Waals surface area contributed by atoms with Crippen LogP contribution in [0.4, 0.5) is 0 Å². The monoisotopic (exact) mass is 403 g/mol. The van der Waals surface area contributed by atoms with Crippen LogP contribution in [-0.2, 0) is 22.4 Å². The van der Waals surface area contributed by atoms with Crippen LogP contribution in [0.3, 0.4) is 0 Å². The summed E-state index contributed by atoms with van der Waals surface area (Å²) in [7, 11) is 0. The van der Waals surface area contributed by atoms with E-state index in [1.807, 2.05) is 0 Å². The van der Waals surface area contributed by atoms with Gasteiger partial charge in [0.2, 0.25) is 5.91 Å². The topological polar surface area (TPSA) is 104 Å². The highest BCUT2D eigenvalue weighted by Crippen LogP contribution is 2.18. The van der Waals surface area contributed by atoms with Gasteiger partial charge in [0.25, 0.3) is 0 Å². The minimum atomic E-state index is -1.01. The molecule has 0 fully saturated rings. The first kappa shape index (κ1) is 21.4. The van der Waals surface area contributed by atoms with Gasteiger partial charge in [0.1, 0.15) is 0 Å². The molecular formula is C21H22ClNO5. The Morgan fingerprint density at radius 1 is 0.964 bits per heavy atom. The highest BCUT2D eigenvalue weighted by molar-refractivity contribution is 6.31. The van der Waals surface area contributed by atoms with Gasteiger partial charge in [-0.3, -0.25) is 9.59 Å². The molecule has 0 aliphatic rings. The van der Waals surface area contributed by atoms with Crippen molar-refractivity contribution in [2.45, 2.75) is 38.1 Å². The molecular weight excluding hydrogens is 382 g/mol. The van der Waals surface area contributed by atoms with E-state index in [2.05, 4.69) is 5.32 Å². The van der Waals surface area contributed by atoms with Crippen molar-refractivity contribution in [1.82, 2.24) is 5.32 Å². The number of carbonyl (C=O) groups excluding carboxylic acids is 1. The van der Waals surface area contributed by atoms with Crippen molar-refractivity contribution in [3.8, 4) is 0 Å². The van der Waals surface area contributed by atoms with E-state index in [1.165, 1.54) is 6.07 Å². The summed E-state index contributed by atoms with van der Waals surface area (Å²) in [6.45, 7) is 0. The Balaban J connectivity index is 1.92. The number of carbonyl (C=O) groups is 3. The molecule has 1 amide bonds. The minimum absolute atomic E-state index is 0.173. The van der Waals surface area contributed by atoms with Gasteiger partial charge in [-0.05, 0) is 42.5 Å². The third-order valence-corrected chi connectivity index (χ3v) is 4.68. The maximum absolute atomic E-state index is 12.3. The molecule has 6 nitrogen and oxygen atoms in total. The van der Waals surface area contributed by atoms with Crippen LogP contribution in [0.1, 0.15) is 40.7 Å². The Hall–Kier alpha value is -2.86. The van der Waals surface area contributed by atoms with Crippen LogP contribution < -0.4 is 5.32 Å². The molecule has 1 unspecified atom stereocenters. The fourth-order valence-corrected chi connectivity index (χ4v) is 3.21. The summed E-state index contributed by atoms with van der Waals surface area (Å²) in [5, 5.41) is 21.6. The zero-order valence-corrected chi connectivity index (χ0v) is 16.0. The van der Waals surface area contributed by atoms with Crippen LogP contribution in [0.5, 0.6) is 0 Å². The van der Waals surface area contributed by atoms with Crippen molar-refractivity contribution < 1.29 is 24.6 Å². The summed E-state index contributed by atoms with van der Waals surface area (Å²) < 4.78 is 0. The second kappa shape index (κ2) is 10.5. The second-order valence-corrected chi connectivity index (χ2v) is 6.88. The van der Waals surface area contributed by atoms with Crippen LogP contribution >= 0.6 is 11.6 Å². The summed E-state index contributed by atoms with van der Waals surface area (Å²) in [5.41, 5.74) is 1.66. The van der Waals surface area contributed by atoms with Crippen molar-refractivity contribution in [2.24, 2.45) is 0 Å². The number of hydrogen-bond donors (Lipinski definition) is 3. The molecule has 0 heterocycles. The van der Waals surface area contributed by atoms with Gasteiger partial charge in [-0.2, -0.15) is 0 Å². The molecule has 28 heavy (non-hydrogen) atoms. The van der Waals surface area contributed by atoms with Crippen molar-refractivity contribution in [3.63, 3.8) is 0 Å².